The Labute approximate surface area is 109 Å². The second-order valence-corrected chi connectivity index (χ2v) is 5.30. The van der Waals surface area contributed by atoms with Gasteiger partial charge in [-0.3, -0.25) is 4.90 Å². The van der Waals surface area contributed by atoms with Crippen molar-refractivity contribution < 1.29 is 4.39 Å². The molecule has 1 saturated heterocycles. The van der Waals surface area contributed by atoms with Crippen LogP contribution < -0.4 is 5.73 Å². The second-order valence-electron chi connectivity index (χ2n) is 5.30. The fraction of sp³-hybridized carbons (Fsp3) is 0.600. The van der Waals surface area contributed by atoms with E-state index >= 15 is 0 Å². The van der Waals surface area contributed by atoms with Crippen molar-refractivity contribution in [2.24, 2.45) is 5.73 Å². The van der Waals surface area contributed by atoms with Gasteiger partial charge in [-0.25, -0.2) is 4.39 Å². The molecule has 0 aromatic heterocycles. The molecule has 1 aliphatic heterocycles. The molecule has 1 aliphatic rings. The maximum Gasteiger partial charge on any atom is 0.123 e. The lowest BCUT2D eigenvalue weighted by Gasteiger charge is -2.35. The summed E-state index contributed by atoms with van der Waals surface area (Å²) in [5.41, 5.74) is 7.29. The van der Waals surface area contributed by atoms with Crippen LogP contribution in [0.5, 0.6) is 0 Å². The number of nitrogens with zero attached hydrogens (tertiary/aromatic N) is 1. The lowest BCUT2D eigenvalue weighted by molar-refractivity contribution is 0.163. The van der Waals surface area contributed by atoms with E-state index in [9.17, 15) is 4.39 Å². The first-order valence-electron chi connectivity index (χ1n) is 6.90. The Kier molecular flexibility index (Phi) is 4.36. The first kappa shape index (κ1) is 13.5. The summed E-state index contributed by atoms with van der Waals surface area (Å²) in [6.45, 7) is 5.40. The second kappa shape index (κ2) is 5.81. The van der Waals surface area contributed by atoms with Crippen LogP contribution in [0.15, 0.2) is 24.3 Å². The van der Waals surface area contributed by atoms with E-state index in [1.54, 1.807) is 12.1 Å². The Morgan fingerprint density at radius 3 is 2.83 bits per heavy atom. The molecule has 0 saturated carbocycles. The van der Waals surface area contributed by atoms with Gasteiger partial charge in [0.05, 0.1) is 6.04 Å². The number of halogens is 1. The number of hydrogen-bond acceptors (Lipinski definition) is 2. The molecule has 0 bridgehead atoms. The lowest BCUT2D eigenvalue weighted by Crippen LogP contribution is -2.42. The van der Waals surface area contributed by atoms with E-state index in [2.05, 4.69) is 18.7 Å². The maximum absolute atomic E-state index is 13.4. The fourth-order valence-corrected chi connectivity index (χ4v) is 2.97. The van der Waals surface area contributed by atoms with Crippen LogP contribution in [0.4, 0.5) is 4.39 Å². The van der Waals surface area contributed by atoms with Crippen molar-refractivity contribution in [1.29, 1.82) is 0 Å². The molecule has 1 heterocycles. The van der Waals surface area contributed by atoms with Gasteiger partial charge in [0.25, 0.3) is 0 Å². The third-order valence-electron chi connectivity index (χ3n) is 4.03. The first-order chi connectivity index (χ1) is 8.63. The predicted molar refractivity (Wildman–Crippen MR) is 72.8 cm³/mol. The molecule has 3 heteroatoms. The fourth-order valence-electron chi connectivity index (χ4n) is 2.97. The van der Waals surface area contributed by atoms with Gasteiger partial charge in [0, 0.05) is 12.1 Å². The van der Waals surface area contributed by atoms with Crippen molar-refractivity contribution in [3.05, 3.63) is 35.6 Å². The molecule has 1 fully saturated rings. The molecule has 1 aromatic rings. The van der Waals surface area contributed by atoms with Gasteiger partial charge in [-0.1, -0.05) is 19.1 Å². The van der Waals surface area contributed by atoms with Gasteiger partial charge >= 0.3 is 0 Å². The van der Waals surface area contributed by atoms with Crippen molar-refractivity contribution in [2.45, 2.75) is 51.2 Å². The number of nitrogens with two attached hydrogens (primary N) is 1. The zero-order valence-corrected chi connectivity index (χ0v) is 11.3. The predicted octanol–water partition coefficient (Wildman–Crippen LogP) is 3.09. The van der Waals surface area contributed by atoms with E-state index in [-0.39, 0.29) is 17.9 Å². The largest absolute Gasteiger partial charge is 0.326 e. The minimum Gasteiger partial charge on any atom is -0.326 e. The number of hydrogen-bond donors (Lipinski definition) is 1. The van der Waals surface area contributed by atoms with Crippen LogP contribution in [0.3, 0.4) is 0 Å². The van der Waals surface area contributed by atoms with Gasteiger partial charge < -0.3 is 5.73 Å². The van der Waals surface area contributed by atoms with Crippen LogP contribution in [0, 0.1) is 5.82 Å². The Balaban J connectivity index is 2.30. The molecule has 2 N–H and O–H groups in total. The van der Waals surface area contributed by atoms with Gasteiger partial charge in [-0.2, -0.15) is 0 Å². The summed E-state index contributed by atoms with van der Waals surface area (Å²) in [4.78, 5) is 2.43. The van der Waals surface area contributed by atoms with E-state index < -0.39 is 0 Å². The molecular formula is C15H23FN2. The summed E-state index contributed by atoms with van der Waals surface area (Å²) >= 11 is 0. The molecule has 100 valence electrons. The topological polar surface area (TPSA) is 29.3 Å². The molecule has 0 amide bonds. The van der Waals surface area contributed by atoms with Crippen LogP contribution in [-0.4, -0.2) is 23.5 Å². The third-order valence-corrected chi connectivity index (χ3v) is 4.03. The van der Waals surface area contributed by atoms with E-state index in [1.165, 1.54) is 18.9 Å². The molecule has 2 rings (SSSR count). The molecule has 0 radical (unpaired) electrons. The Morgan fingerprint density at radius 2 is 2.28 bits per heavy atom. The Hall–Kier alpha value is -0.930. The third kappa shape index (κ3) is 2.73. The van der Waals surface area contributed by atoms with Gasteiger partial charge in [-0.05, 0) is 50.4 Å². The molecule has 3 atom stereocenters. The average molecular weight is 250 g/mol. The molecule has 18 heavy (non-hydrogen) atoms. The maximum atomic E-state index is 13.4. The summed E-state index contributed by atoms with van der Waals surface area (Å²) in [5, 5.41) is 0. The summed E-state index contributed by atoms with van der Waals surface area (Å²) in [6.07, 6.45) is 3.33. The molecule has 1 aromatic carbocycles. The zero-order chi connectivity index (χ0) is 13.1. The van der Waals surface area contributed by atoms with E-state index in [0.29, 0.717) is 6.04 Å². The highest BCUT2D eigenvalue weighted by molar-refractivity contribution is 5.22. The normalized spacial score (nSPS) is 24.1. The minimum atomic E-state index is -0.173. The standard InChI is InChI=1S/C15H23FN2/c1-3-14(17)15(18-9-5-6-11(18)2)12-7-4-8-13(16)10-12/h4,7-8,10-11,14-15H,3,5-6,9,17H2,1-2H3. The van der Waals surface area contributed by atoms with Crippen LogP contribution in [-0.2, 0) is 0 Å². The van der Waals surface area contributed by atoms with Gasteiger partial charge in [-0.15, -0.1) is 0 Å². The van der Waals surface area contributed by atoms with Crippen molar-refractivity contribution in [3.63, 3.8) is 0 Å². The Morgan fingerprint density at radius 1 is 1.50 bits per heavy atom. The average Bonchev–Trinajstić information content (AvgIpc) is 2.76. The highest BCUT2D eigenvalue weighted by Crippen LogP contribution is 2.32. The quantitative estimate of drug-likeness (QED) is 0.889. The lowest BCUT2D eigenvalue weighted by atomic mass is 9.95. The molecule has 2 nitrogen and oxygen atoms in total. The smallest absolute Gasteiger partial charge is 0.123 e. The molecule has 0 spiro atoms. The number of likely N-dealkylation sites (tertiary alicyclic amines) is 1. The summed E-state index contributed by atoms with van der Waals surface area (Å²) in [6, 6.07) is 7.64. The Bertz CT molecular complexity index is 394. The van der Waals surface area contributed by atoms with Gasteiger partial charge in [0.1, 0.15) is 5.82 Å². The number of benzene rings is 1. The first-order valence-corrected chi connectivity index (χ1v) is 6.90. The summed E-state index contributed by atoms with van der Waals surface area (Å²) in [5.74, 6) is -0.173. The monoisotopic (exact) mass is 250 g/mol. The van der Waals surface area contributed by atoms with E-state index in [1.807, 2.05) is 6.07 Å². The van der Waals surface area contributed by atoms with Crippen LogP contribution >= 0.6 is 0 Å². The van der Waals surface area contributed by atoms with Crippen molar-refractivity contribution in [1.82, 2.24) is 4.90 Å². The van der Waals surface area contributed by atoms with Crippen LogP contribution in [0.1, 0.15) is 44.7 Å². The number of rotatable bonds is 4. The SMILES string of the molecule is CCC(N)C(c1cccc(F)c1)N1CCCC1C. The molecular weight excluding hydrogens is 227 g/mol. The van der Waals surface area contributed by atoms with Crippen molar-refractivity contribution >= 4 is 0 Å². The highest BCUT2D eigenvalue weighted by Gasteiger charge is 2.32. The zero-order valence-electron chi connectivity index (χ0n) is 11.3. The minimum absolute atomic E-state index is 0.0624. The van der Waals surface area contributed by atoms with Crippen molar-refractivity contribution in [3.8, 4) is 0 Å². The summed E-state index contributed by atoms with van der Waals surface area (Å²) < 4.78 is 13.4. The van der Waals surface area contributed by atoms with Gasteiger partial charge in [0.15, 0.2) is 0 Å². The van der Waals surface area contributed by atoms with Crippen LogP contribution in [0.2, 0.25) is 0 Å². The van der Waals surface area contributed by atoms with Crippen LogP contribution in [0.25, 0.3) is 0 Å². The van der Waals surface area contributed by atoms with Gasteiger partial charge in [0.2, 0.25) is 0 Å². The molecule has 3 unspecified atom stereocenters. The molecule has 0 aliphatic carbocycles. The van der Waals surface area contributed by atoms with E-state index in [0.717, 1.165) is 18.5 Å². The van der Waals surface area contributed by atoms with E-state index in [4.69, 9.17) is 5.73 Å². The summed E-state index contributed by atoms with van der Waals surface area (Å²) in [7, 11) is 0. The highest BCUT2D eigenvalue weighted by atomic mass is 19.1. The van der Waals surface area contributed by atoms with Crippen molar-refractivity contribution in [2.75, 3.05) is 6.54 Å².